The zero-order chi connectivity index (χ0) is 24.7. The summed E-state index contributed by atoms with van der Waals surface area (Å²) in [5.41, 5.74) is 2.95. The van der Waals surface area contributed by atoms with Crippen LogP contribution in [0.3, 0.4) is 0 Å². The van der Waals surface area contributed by atoms with Gasteiger partial charge in [-0.3, -0.25) is 4.98 Å². The minimum Gasteiger partial charge on any atom is -0.384 e. The number of rotatable bonds is 4. The summed E-state index contributed by atoms with van der Waals surface area (Å²) in [5.74, 6) is 6.25. The van der Waals surface area contributed by atoms with E-state index in [2.05, 4.69) is 21.8 Å². The molecule has 1 atom stereocenters. The van der Waals surface area contributed by atoms with E-state index in [1.54, 1.807) is 0 Å². The fourth-order valence-corrected chi connectivity index (χ4v) is 4.31. The second-order valence-corrected chi connectivity index (χ2v) is 10.1. The molecule has 6 nitrogen and oxygen atoms in total. The zero-order valence-electron chi connectivity index (χ0n) is 18.0. The van der Waals surface area contributed by atoms with Crippen LogP contribution < -0.4 is 5.73 Å². The number of halogens is 3. The molecule has 1 aliphatic carbocycles. The van der Waals surface area contributed by atoms with E-state index in [4.69, 9.17) is 5.73 Å². The Morgan fingerprint density at radius 3 is 2.24 bits per heavy atom. The summed E-state index contributed by atoms with van der Waals surface area (Å²) in [6.07, 6.45) is -0.943. The van der Waals surface area contributed by atoms with Crippen LogP contribution in [0.4, 0.5) is 19.0 Å². The normalized spacial score (nSPS) is 15.8. The van der Waals surface area contributed by atoms with Gasteiger partial charge in [-0.05, 0) is 50.1 Å². The van der Waals surface area contributed by atoms with Crippen molar-refractivity contribution in [2.75, 3.05) is 5.73 Å². The highest BCUT2D eigenvalue weighted by molar-refractivity contribution is 7.91. The van der Waals surface area contributed by atoms with Crippen LogP contribution in [0.15, 0.2) is 64.6 Å². The fourth-order valence-electron chi connectivity index (χ4n) is 3.11. The quantitative estimate of drug-likeness (QED) is 0.537. The fraction of sp³-hybridized carbons (Fsp3) is 0.250. The van der Waals surface area contributed by atoms with Gasteiger partial charge in [-0.15, -0.1) is 0 Å². The third kappa shape index (κ3) is 4.62. The third-order valence-corrected chi connectivity index (χ3v) is 7.25. The average Bonchev–Trinajstić information content (AvgIpc) is 3.62. The maximum absolute atomic E-state index is 13.3. The van der Waals surface area contributed by atoms with E-state index in [0.29, 0.717) is 12.5 Å². The number of aliphatic hydroxyl groups is 1. The SMILES string of the molecule is C[C@@](O)(c1cnc(-c2ccc(S(=O)(=O)c3ccc(N)nc3)cc2)c(C#CC2CC2)c1)C(F)(F)F. The second-order valence-electron chi connectivity index (χ2n) is 8.18. The Morgan fingerprint density at radius 2 is 1.68 bits per heavy atom. The Morgan fingerprint density at radius 1 is 1.03 bits per heavy atom. The van der Waals surface area contributed by atoms with E-state index in [1.807, 2.05) is 0 Å². The first-order valence-corrected chi connectivity index (χ1v) is 11.8. The maximum atomic E-state index is 13.3. The van der Waals surface area contributed by atoms with Crippen LogP contribution in [0.1, 0.15) is 30.9 Å². The number of alkyl halides is 3. The molecular formula is C24H20F3N3O3S. The van der Waals surface area contributed by atoms with E-state index in [9.17, 15) is 26.7 Å². The van der Waals surface area contributed by atoms with Gasteiger partial charge in [0.2, 0.25) is 9.84 Å². The molecule has 0 radical (unpaired) electrons. The minimum atomic E-state index is -4.90. The first-order chi connectivity index (χ1) is 15.9. The summed E-state index contributed by atoms with van der Waals surface area (Å²) in [6, 6.07) is 9.67. The van der Waals surface area contributed by atoms with Crippen molar-refractivity contribution in [1.29, 1.82) is 0 Å². The molecule has 3 N–H and O–H groups in total. The maximum Gasteiger partial charge on any atom is 0.421 e. The minimum absolute atomic E-state index is 0.00469. The number of sulfone groups is 1. The Kier molecular flexibility index (Phi) is 5.87. The summed E-state index contributed by atoms with van der Waals surface area (Å²) in [6.45, 7) is 0.660. The highest BCUT2D eigenvalue weighted by Crippen LogP contribution is 2.39. The number of aromatic nitrogens is 2. The molecule has 10 heteroatoms. The number of nitrogens with zero attached hydrogens (tertiary/aromatic N) is 2. The van der Waals surface area contributed by atoms with E-state index in [0.717, 1.165) is 25.2 Å². The smallest absolute Gasteiger partial charge is 0.384 e. The van der Waals surface area contributed by atoms with Gasteiger partial charge in [-0.1, -0.05) is 24.0 Å². The van der Waals surface area contributed by atoms with Crippen molar-refractivity contribution in [3.05, 3.63) is 66.0 Å². The van der Waals surface area contributed by atoms with Gasteiger partial charge in [-0.25, -0.2) is 13.4 Å². The predicted molar refractivity (Wildman–Crippen MR) is 119 cm³/mol. The molecule has 2 heterocycles. The van der Waals surface area contributed by atoms with Gasteiger partial charge in [0.05, 0.1) is 21.0 Å². The van der Waals surface area contributed by atoms with Crippen molar-refractivity contribution < 1.29 is 26.7 Å². The van der Waals surface area contributed by atoms with Gasteiger partial charge in [0.25, 0.3) is 0 Å². The highest BCUT2D eigenvalue weighted by Gasteiger charge is 2.51. The summed E-state index contributed by atoms with van der Waals surface area (Å²) < 4.78 is 65.7. The topological polar surface area (TPSA) is 106 Å². The van der Waals surface area contributed by atoms with Crippen molar-refractivity contribution >= 4 is 15.7 Å². The first-order valence-electron chi connectivity index (χ1n) is 10.3. The lowest BCUT2D eigenvalue weighted by molar-refractivity contribution is -0.259. The van der Waals surface area contributed by atoms with Crippen molar-refractivity contribution in [2.24, 2.45) is 5.92 Å². The van der Waals surface area contributed by atoms with Crippen LogP contribution >= 0.6 is 0 Å². The molecule has 0 aliphatic heterocycles. The van der Waals surface area contributed by atoms with Gasteiger partial charge in [-0.2, -0.15) is 13.2 Å². The van der Waals surface area contributed by atoms with E-state index < -0.39 is 27.2 Å². The summed E-state index contributed by atoms with van der Waals surface area (Å²) in [4.78, 5) is 7.94. The second kappa shape index (κ2) is 8.42. The lowest BCUT2D eigenvalue weighted by Gasteiger charge is -2.26. The molecule has 1 aromatic carbocycles. The summed E-state index contributed by atoms with van der Waals surface area (Å²) in [7, 11) is -3.84. The molecule has 0 bridgehead atoms. The van der Waals surface area contributed by atoms with Crippen molar-refractivity contribution in [1.82, 2.24) is 9.97 Å². The Bertz CT molecular complexity index is 1390. The van der Waals surface area contributed by atoms with Crippen LogP contribution in [0.25, 0.3) is 11.3 Å². The lowest BCUT2D eigenvalue weighted by Crippen LogP contribution is -2.39. The number of benzene rings is 1. The highest BCUT2D eigenvalue weighted by atomic mass is 32.2. The largest absolute Gasteiger partial charge is 0.421 e. The Balaban J connectivity index is 1.74. The summed E-state index contributed by atoms with van der Waals surface area (Å²) >= 11 is 0. The van der Waals surface area contributed by atoms with Crippen LogP contribution in [0.5, 0.6) is 0 Å². The summed E-state index contributed by atoms with van der Waals surface area (Å²) in [5, 5.41) is 10.1. The molecule has 2 aromatic heterocycles. The van der Waals surface area contributed by atoms with Crippen molar-refractivity contribution in [3.63, 3.8) is 0 Å². The molecule has 1 aliphatic rings. The molecule has 1 fully saturated rings. The Hall–Kier alpha value is -3.42. The number of nitrogens with two attached hydrogens (primary N) is 1. The molecule has 4 rings (SSSR count). The number of hydrogen-bond acceptors (Lipinski definition) is 6. The molecule has 0 unspecified atom stereocenters. The van der Waals surface area contributed by atoms with Gasteiger partial charge in [0.1, 0.15) is 5.82 Å². The van der Waals surface area contributed by atoms with Crippen molar-refractivity contribution in [3.8, 4) is 23.1 Å². The Labute approximate surface area is 194 Å². The van der Waals surface area contributed by atoms with Gasteiger partial charge >= 0.3 is 6.18 Å². The lowest BCUT2D eigenvalue weighted by atomic mass is 9.94. The molecule has 0 amide bonds. The van der Waals surface area contributed by atoms with Gasteiger partial charge < -0.3 is 10.8 Å². The molecule has 0 saturated heterocycles. The van der Waals surface area contributed by atoms with Crippen LogP contribution in [-0.2, 0) is 15.4 Å². The van der Waals surface area contributed by atoms with Crippen LogP contribution in [0, 0.1) is 17.8 Å². The molecule has 176 valence electrons. The monoisotopic (exact) mass is 487 g/mol. The van der Waals surface area contributed by atoms with Gasteiger partial charge in [0.15, 0.2) is 5.60 Å². The standard InChI is InChI=1S/C24H20F3N3O3S/c1-23(31,24(25,26)27)18-12-17(5-4-15-2-3-15)22(30-13-18)16-6-8-19(9-7-16)34(32,33)20-10-11-21(28)29-14-20/h6-15,31H,2-3H2,1H3,(H2,28,29)/t23-/m1/s1. The number of nitrogen functional groups attached to an aromatic ring is 1. The molecular weight excluding hydrogens is 467 g/mol. The first kappa shape index (κ1) is 23.7. The van der Waals surface area contributed by atoms with Crippen LogP contribution in [-0.4, -0.2) is 29.7 Å². The predicted octanol–water partition coefficient (Wildman–Crippen LogP) is 4.09. The van der Waals surface area contributed by atoms with Crippen LogP contribution in [0.2, 0.25) is 0 Å². The zero-order valence-corrected chi connectivity index (χ0v) is 18.8. The third-order valence-electron chi connectivity index (χ3n) is 5.50. The molecule has 3 aromatic rings. The van der Waals surface area contributed by atoms with E-state index in [-0.39, 0.29) is 32.8 Å². The van der Waals surface area contributed by atoms with Crippen molar-refractivity contribution in [2.45, 2.75) is 41.3 Å². The molecule has 1 saturated carbocycles. The van der Waals surface area contributed by atoms with E-state index in [1.165, 1.54) is 42.5 Å². The average molecular weight is 488 g/mol. The number of pyridine rings is 2. The molecule has 0 spiro atoms. The molecule has 34 heavy (non-hydrogen) atoms. The number of hydrogen-bond donors (Lipinski definition) is 2. The van der Waals surface area contributed by atoms with E-state index >= 15 is 0 Å². The van der Waals surface area contributed by atoms with Gasteiger partial charge in [0, 0.05) is 29.4 Å². The number of anilines is 1.